The van der Waals surface area contributed by atoms with Gasteiger partial charge in [-0.25, -0.2) is 9.50 Å². The highest BCUT2D eigenvalue weighted by molar-refractivity contribution is 7.99. The Bertz CT molecular complexity index is 939. The number of fused-ring (bicyclic) bond motifs is 1. The molecule has 2 N–H and O–H groups in total. The second-order valence-electron chi connectivity index (χ2n) is 7.09. The first-order valence-corrected chi connectivity index (χ1v) is 10.1. The van der Waals surface area contributed by atoms with Crippen LogP contribution in [0.25, 0.3) is 5.78 Å². The van der Waals surface area contributed by atoms with Gasteiger partial charge in [-0.05, 0) is 44.2 Å². The van der Waals surface area contributed by atoms with E-state index in [1.807, 2.05) is 34.0 Å². The van der Waals surface area contributed by atoms with E-state index in [-0.39, 0.29) is 12.3 Å². The molecular formula is C19H25N6OS+. The summed E-state index contributed by atoms with van der Waals surface area (Å²) in [5.74, 6) is 1.49. The average Bonchev–Trinajstić information content (AvgIpc) is 3.27. The lowest BCUT2D eigenvalue weighted by Gasteiger charge is -2.14. The number of nitrogens with two attached hydrogens (primary N) is 1. The molecule has 27 heavy (non-hydrogen) atoms. The van der Waals surface area contributed by atoms with Crippen LogP contribution in [0, 0.1) is 13.8 Å². The average molecular weight is 386 g/mol. The van der Waals surface area contributed by atoms with E-state index in [4.69, 9.17) is 4.74 Å². The Kier molecular flexibility index (Phi) is 5.03. The predicted octanol–water partition coefficient (Wildman–Crippen LogP) is 1.56. The maximum Gasteiger partial charge on any atom is 0.253 e. The summed E-state index contributed by atoms with van der Waals surface area (Å²) in [5.41, 5.74) is 4.40. The predicted molar refractivity (Wildman–Crippen MR) is 106 cm³/mol. The largest absolute Gasteiger partial charge is 0.378 e. The zero-order valence-electron chi connectivity index (χ0n) is 16.1. The van der Waals surface area contributed by atoms with Crippen LogP contribution in [0.15, 0.2) is 35.5 Å². The Morgan fingerprint density at radius 3 is 2.74 bits per heavy atom. The molecule has 1 aliphatic heterocycles. The number of aryl methyl sites for hydroxylation is 2. The van der Waals surface area contributed by atoms with E-state index in [1.54, 1.807) is 16.3 Å². The van der Waals surface area contributed by atoms with Crippen molar-refractivity contribution < 1.29 is 10.1 Å². The molecule has 0 unspecified atom stereocenters. The van der Waals surface area contributed by atoms with Crippen LogP contribution in [0.1, 0.15) is 23.2 Å². The van der Waals surface area contributed by atoms with Gasteiger partial charge in [-0.1, -0.05) is 11.8 Å². The van der Waals surface area contributed by atoms with Gasteiger partial charge in [0.05, 0.1) is 0 Å². The van der Waals surface area contributed by atoms with Crippen LogP contribution in [0.2, 0.25) is 0 Å². The lowest BCUT2D eigenvalue weighted by atomic mass is 10.2. The fraction of sp³-hybridized carbons (Fsp3) is 0.421. The van der Waals surface area contributed by atoms with Gasteiger partial charge in [0.2, 0.25) is 11.4 Å². The monoisotopic (exact) mass is 385 g/mol. The third kappa shape index (κ3) is 3.92. The van der Waals surface area contributed by atoms with Crippen molar-refractivity contribution in [2.75, 3.05) is 31.3 Å². The molecule has 1 aromatic carbocycles. The fourth-order valence-corrected chi connectivity index (χ4v) is 4.09. The molecule has 2 aromatic heterocycles. The van der Waals surface area contributed by atoms with Crippen LogP contribution in [-0.2, 0) is 4.74 Å². The first-order chi connectivity index (χ1) is 13.0. The van der Waals surface area contributed by atoms with Crippen molar-refractivity contribution in [3.05, 3.63) is 47.3 Å². The lowest BCUT2D eigenvalue weighted by molar-refractivity contribution is -0.697. The summed E-state index contributed by atoms with van der Waals surface area (Å²) in [6.07, 6.45) is 0.239. The number of benzene rings is 1. The van der Waals surface area contributed by atoms with E-state index in [2.05, 4.69) is 49.5 Å². The molecule has 8 heteroatoms. The second-order valence-corrected chi connectivity index (χ2v) is 8.08. The van der Waals surface area contributed by atoms with Gasteiger partial charge in [0.25, 0.3) is 5.78 Å². The molecule has 7 nitrogen and oxygen atoms in total. The molecule has 0 amide bonds. The van der Waals surface area contributed by atoms with Crippen molar-refractivity contribution >= 4 is 23.2 Å². The molecule has 3 heterocycles. The van der Waals surface area contributed by atoms with E-state index in [1.165, 1.54) is 11.3 Å². The number of rotatable bonds is 5. The molecule has 0 bridgehead atoms. The number of thioether (sulfide) groups is 1. The fourth-order valence-electron chi connectivity index (χ4n) is 3.25. The second kappa shape index (κ2) is 7.46. The zero-order chi connectivity index (χ0) is 19.0. The number of hydrogen-bond donors (Lipinski definition) is 1. The summed E-state index contributed by atoms with van der Waals surface area (Å²) in [7, 11) is 4.10. The lowest BCUT2D eigenvalue weighted by Crippen LogP contribution is -2.82. The van der Waals surface area contributed by atoms with Gasteiger partial charge < -0.3 is 15.0 Å². The molecule has 0 spiro atoms. The van der Waals surface area contributed by atoms with Crippen LogP contribution in [0.4, 0.5) is 5.69 Å². The summed E-state index contributed by atoms with van der Waals surface area (Å²) in [6, 6.07) is 10.6. The number of nitrogens with zero attached hydrogens (tertiary/aromatic N) is 5. The number of anilines is 1. The number of aromatic nitrogens is 4. The highest BCUT2D eigenvalue weighted by Gasteiger charge is 2.30. The van der Waals surface area contributed by atoms with Crippen LogP contribution < -0.4 is 10.2 Å². The van der Waals surface area contributed by atoms with Crippen LogP contribution in [-0.4, -0.2) is 52.1 Å². The Morgan fingerprint density at radius 2 is 2.00 bits per heavy atom. The summed E-state index contributed by atoms with van der Waals surface area (Å²) < 4.78 is 8.02. The Balaban J connectivity index is 1.37. The number of quaternary nitrogens is 1. The standard InChI is InChI=1S/C19H24N6OS/c1-12-9-13(2)25-18(21-12)22-19(23-25)27-11-16-10-20-17(26-16)14-5-7-15(8-6-14)24(3)4/h5-9,16-17,20H,10-11H2,1-4H3/p+1/t16-,17+/m1/s1. The smallest absolute Gasteiger partial charge is 0.253 e. The van der Waals surface area contributed by atoms with Crippen molar-refractivity contribution in [1.82, 2.24) is 19.6 Å². The van der Waals surface area contributed by atoms with Gasteiger partial charge in [-0.2, -0.15) is 4.98 Å². The van der Waals surface area contributed by atoms with Crippen molar-refractivity contribution in [3.63, 3.8) is 0 Å². The van der Waals surface area contributed by atoms with E-state index in [9.17, 15) is 0 Å². The molecule has 0 saturated carbocycles. The normalized spacial score (nSPS) is 19.7. The molecule has 4 rings (SSSR count). The molecule has 2 atom stereocenters. The first-order valence-electron chi connectivity index (χ1n) is 9.09. The zero-order valence-corrected chi connectivity index (χ0v) is 16.9. The quantitative estimate of drug-likeness (QED) is 0.672. The first kappa shape index (κ1) is 18.2. The maximum absolute atomic E-state index is 6.22. The van der Waals surface area contributed by atoms with Crippen LogP contribution >= 0.6 is 11.8 Å². The van der Waals surface area contributed by atoms with Gasteiger partial charge in [-0.3, -0.25) is 0 Å². The molecule has 0 aliphatic carbocycles. The van der Waals surface area contributed by atoms with Crippen LogP contribution in [0.5, 0.6) is 0 Å². The SMILES string of the molecule is Cc1cc(C)n2nc(SC[C@H]3C[NH2+][C@H](c4ccc(N(C)C)cc4)O3)nc2n1. The van der Waals surface area contributed by atoms with E-state index in [0.717, 1.165) is 28.8 Å². The minimum absolute atomic E-state index is 0.0624. The third-order valence-corrected chi connectivity index (χ3v) is 5.66. The summed E-state index contributed by atoms with van der Waals surface area (Å²) in [6.45, 7) is 4.94. The highest BCUT2D eigenvalue weighted by Crippen LogP contribution is 2.23. The molecule has 0 radical (unpaired) electrons. The number of ether oxygens (including phenoxy) is 1. The Hall–Kier alpha value is -2.16. The summed E-state index contributed by atoms with van der Waals surface area (Å²) in [4.78, 5) is 11.1. The van der Waals surface area contributed by atoms with Crippen molar-refractivity contribution in [2.45, 2.75) is 31.3 Å². The van der Waals surface area contributed by atoms with Gasteiger partial charge in [-0.15, -0.1) is 5.10 Å². The number of hydrogen-bond acceptors (Lipinski definition) is 6. The van der Waals surface area contributed by atoms with Crippen molar-refractivity contribution in [3.8, 4) is 0 Å². The molecule has 1 fully saturated rings. The Morgan fingerprint density at radius 1 is 1.22 bits per heavy atom. The maximum atomic E-state index is 6.22. The van der Waals surface area contributed by atoms with Gasteiger partial charge in [0.15, 0.2) is 0 Å². The molecular weight excluding hydrogens is 360 g/mol. The summed E-state index contributed by atoms with van der Waals surface area (Å²) in [5, 5.41) is 7.55. The van der Waals surface area contributed by atoms with Gasteiger partial charge in [0, 0.05) is 42.5 Å². The van der Waals surface area contributed by atoms with E-state index < -0.39 is 0 Å². The van der Waals surface area contributed by atoms with Crippen molar-refractivity contribution in [1.29, 1.82) is 0 Å². The van der Waals surface area contributed by atoms with Crippen LogP contribution in [0.3, 0.4) is 0 Å². The molecule has 142 valence electrons. The minimum atomic E-state index is 0.0624. The van der Waals surface area contributed by atoms with Gasteiger partial charge >= 0.3 is 0 Å². The minimum Gasteiger partial charge on any atom is -0.378 e. The molecule has 3 aromatic rings. The topological polar surface area (TPSA) is 72.2 Å². The third-order valence-electron chi connectivity index (χ3n) is 4.69. The van der Waals surface area contributed by atoms with E-state index >= 15 is 0 Å². The van der Waals surface area contributed by atoms with Gasteiger partial charge in [0.1, 0.15) is 12.6 Å². The summed E-state index contributed by atoms with van der Waals surface area (Å²) >= 11 is 1.63. The highest BCUT2D eigenvalue weighted by atomic mass is 32.2. The van der Waals surface area contributed by atoms with Crippen molar-refractivity contribution in [2.24, 2.45) is 0 Å². The Labute approximate surface area is 163 Å². The van der Waals surface area contributed by atoms with E-state index in [0.29, 0.717) is 5.78 Å². The molecule has 1 aliphatic rings. The molecule has 1 saturated heterocycles.